The molecule has 2 aromatic rings. The summed E-state index contributed by atoms with van der Waals surface area (Å²) in [5.41, 5.74) is -1.37. The van der Waals surface area contributed by atoms with Crippen LogP contribution in [0.5, 0.6) is 0 Å². The number of aromatic amines is 1. The molecule has 0 spiro atoms. The van der Waals surface area contributed by atoms with Crippen LogP contribution in [0.2, 0.25) is 0 Å². The van der Waals surface area contributed by atoms with Crippen molar-refractivity contribution < 1.29 is 14.7 Å². The van der Waals surface area contributed by atoms with Gasteiger partial charge in [0.15, 0.2) is 0 Å². The van der Waals surface area contributed by atoms with Crippen LogP contribution in [0.3, 0.4) is 0 Å². The predicted octanol–water partition coefficient (Wildman–Crippen LogP) is 0.673. The number of carboxylic acids is 1. The Balaban J connectivity index is 2.04. The van der Waals surface area contributed by atoms with E-state index >= 15 is 0 Å². The second kappa shape index (κ2) is 8.03. The van der Waals surface area contributed by atoms with Gasteiger partial charge in [0.05, 0.1) is 0 Å². The molecule has 1 aliphatic carbocycles. The number of hydrogen-bond donors (Lipinski definition) is 2. The number of carbonyl (C=O) groups excluding carboxylic acids is 1. The minimum absolute atomic E-state index is 0.0923. The Morgan fingerprint density at radius 2 is 1.74 bits per heavy atom. The molecular weight excluding hydrogens is 350 g/mol. The van der Waals surface area contributed by atoms with Crippen LogP contribution in [0, 0.1) is 31.6 Å². The van der Waals surface area contributed by atoms with Crippen molar-refractivity contribution in [1.82, 2.24) is 9.55 Å². The summed E-state index contributed by atoms with van der Waals surface area (Å²) in [6.45, 7) is -0.540. The Morgan fingerprint density at radius 3 is 2.37 bits per heavy atom. The van der Waals surface area contributed by atoms with E-state index in [4.69, 9.17) is 5.11 Å². The van der Waals surface area contributed by atoms with Crippen LogP contribution in [0.1, 0.15) is 10.4 Å². The highest BCUT2D eigenvalue weighted by molar-refractivity contribution is 6.06. The predicted molar refractivity (Wildman–Crippen MR) is 97.5 cm³/mol. The van der Waals surface area contributed by atoms with Crippen molar-refractivity contribution in [3.63, 3.8) is 0 Å². The highest BCUT2D eigenvalue weighted by atomic mass is 16.4. The quantitative estimate of drug-likeness (QED) is 0.780. The van der Waals surface area contributed by atoms with Gasteiger partial charge in [-0.05, 0) is 37.8 Å². The molecule has 2 N–H and O–H groups in total. The van der Waals surface area contributed by atoms with E-state index in [-0.39, 0.29) is 12.2 Å². The highest BCUT2D eigenvalue weighted by Gasteiger charge is 2.27. The third-order valence-corrected chi connectivity index (χ3v) is 3.93. The van der Waals surface area contributed by atoms with Crippen LogP contribution in [-0.2, 0) is 11.3 Å². The summed E-state index contributed by atoms with van der Waals surface area (Å²) in [4.78, 5) is 51.5. The average Bonchev–Trinajstić information content (AvgIpc) is 3.15. The van der Waals surface area contributed by atoms with Gasteiger partial charge < -0.3 is 10.0 Å². The lowest BCUT2D eigenvalue weighted by Crippen LogP contribution is -2.41. The molecule has 137 valence electrons. The van der Waals surface area contributed by atoms with Gasteiger partial charge in [-0.25, -0.2) is 4.79 Å². The van der Waals surface area contributed by atoms with E-state index in [2.05, 4.69) is 4.98 Å². The number of nitrogens with zero attached hydrogens (tertiary/aromatic N) is 2. The molecule has 0 saturated heterocycles. The zero-order valence-electron chi connectivity index (χ0n) is 14.2. The topological polar surface area (TPSA) is 112 Å². The van der Waals surface area contributed by atoms with Crippen LogP contribution in [0.25, 0.3) is 0 Å². The number of aromatic nitrogens is 2. The van der Waals surface area contributed by atoms with Crippen molar-refractivity contribution >= 4 is 17.6 Å². The fourth-order valence-corrected chi connectivity index (χ4v) is 2.66. The van der Waals surface area contributed by atoms with Crippen LogP contribution < -0.4 is 16.1 Å². The molecule has 1 aliphatic rings. The van der Waals surface area contributed by atoms with E-state index in [0.717, 1.165) is 16.7 Å². The fourth-order valence-electron chi connectivity index (χ4n) is 2.66. The molecule has 1 aromatic carbocycles. The number of carbonyl (C=O) groups is 2. The molecule has 8 nitrogen and oxygen atoms in total. The SMILES string of the molecule is O=C(O)Cn1cc(N(C[C]2[CH][CH][CH][CH]2)C(=O)c2ccccc2)c(=O)[nH]c1=O. The third kappa shape index (κ3) is 4.33. The monoisotopic (exact) mass is 366 g/mol. The van der Waals surface area contributed by atoms with Crippen LogP contribution in [0.4, 0.5) is 5.69 Å². The van der Waals surface area contributed by atoms with E-state index in [1.165, 1.54) is 4.90 Å². The maximum absolute atomic E-state index is 13.0. The number of nitrogens with one attached hydrogen (secondary N) is 1. The van der Waals surface area contributed by atoms with E-state index in [1.54, 1.807) is 56.0 Å². The molecule has 1 fully saturated rings. The molecule has 0 atom stereocenters. The summed E-state index contributed by atoms with van der Waals surface area (Å²) >= 11 is 0. The Bertz CT molecular complexity index is 942. The highest BCUT2D eigenvalue weighted by Crippen LogP contribution is 2.26. The molecule has 0 bridgehead atoms. The van der Waals surface area contributed by atoms with Gasteiger partial charge in [0.2, 0.25) is 0 Å². The molecule has 1 amide bonds. The molecule has 1 heterocycles. The maximum atomic E-state index is 13.0. The summed E-state index contributed by atoms with van der Waals surface area (Å²) in [5.74, 6) is -0.899. The molecular formula is C19H16N3O5. The molecule has 1 aromatic heterocycles. The number of H-pyrrole nitrogens is 1. The van der Waals surface area contributed by atoms with Gasteiger partial charge in [-0.1, -0.05) is 18.2 Å². The lowest BCUT2D eigenvalue weighted by atomic mass is 10.1. The van der Waals surface area contributed by atoms with Gasteiger partial charge in [0.1, 0.15) is 12.2 Å². The van der Waals surface area contributed by atoms with Crippen LogP contribution in [-0.4, -0.2) is 33.1 Å². The number of carboxylic acid groups (broad SMARTS) is 1. The number of anilines is 1. The molecule has 0 unspecified atom stereocenters. The molecule has 8 heteroatoms. The van der Waals surface area contributed by atoms with Gasteiger partial charge >= 0.3 is 11.7 Å². The normalized spacial score (nSPS) is 14.2. The van der Waals surface area contributed by atoms with Crippen molar-refractivity contribution in [1.29, 1.82) is 0 Å². The molecule has 0 aliphatic heterocycles. The zero-order valence-corrected chi connectivity index (χ0v) is 14.2. The first-order valence-electron chi connectivity index (χ1n) is 8.09. The van der Waals surface area contributed by atoms with Gasteiger partial charge in [0, 0.05) is 24.2 Å². The van der Waals surface area contributed by atoms with E-state index in [0.29, 0.717) is 5.56 Å². The van der Waals surface area contributed by atoms with Crippen molar-refractivity contribution in [3.05, 3.63) is 94.5 Å². The number of amides is 1. The first-order valence-corrected chi connectivity index (χ1v) is 8.09. The smallest absolute Gasteiger partial charge is 0.328 e. The third-order valence-electron chi connectivity index (χ3n) is 3.93. The van der Waals surface area contributed by atoms with E-state index in [1.807, 2.05) is 0 Å². The van der Waals surface area contributed by atoms with Crippen molar-refractivity contribution in [2.45, 2.75) is 6.54 Å². The number of rotatable bonds is 6. The Morgan fingerprint density at radius 1 is 1.07 bits per heavy atom. The lowest BCUT2D eigenvalue weighted by molar-refractivity contribution is -0.137. The molecule has 5 radical (unpaired) electrons. The zero-order chi connectivity index (χ0) is 19.4. The molecule has 3 rings (SSSR count). The number of hydrogen-bond acceptors (Lipinski definition) is 4. The van der Waals surface area contributed by atoms with Crippen molar-refractivity contribution in [2.75, 3.05) is 11.4 Å². The maximum Gasteiger partial charge on any atom is 0.328 e. The van der Waals surface area contributed by atoms with Crippen molar-refractivity contribution in [2.24, 2.45) is 0 Å². The lowest BCUT2D eigenvalue weighted by Gasteiger charge is -2.25. The van der Waals surface area contributed by atoms with Gasteiger partial charge in [-0.3, -0.25) is 23.9 Å². The Kier molecular flexibility index (Phi) is 5.54. The van der Waals surface area contributed by atoms with Crippen LogP contribution in [0.15, 0.2) is 46.1 Å². The minimum atomic E-state index is -1.24. The summed E-state index contributed by atoms with van der Waals surface area (Å²) < 4.78 is 0.843. The standard InChI is InChI=1S/C19H16N3O5/c23-16(24)12-21-11-15(17(25)20-19(21)27)22(10-13-6-4-5-7-13)18(26)14-8-2-1-3-9-14/h1-9,11H,10,12H2,(H,23,24)(H,20,25,27). The van der Waals surface area contributed by atoms with Gasteiger partial charge in [-0.15, -0.1) is 0 Å². The van der Waals surface area contributed by atoms with Crippen molar-refractivity contribution in [3.8, 4) is 0 Å². The summed E-state index contributed by atoms with van der Waals surface area (Å²) in [6.07, 6.45) is 8.30. The second-order valence-electron chi connectivity index (χ2n) is 5.85. The number of aliphatic carboxylic acids is 1. The first kappa shape index (κ1) is 18.6. The molecule has 27 heavy (non-hydrogen) atoms. The van der Waals surface area contributed by atoms with Crippen LogP contribution >= 0.6 is 0 Å². The molecule has 1 saturated carbocycles. The van der Waals surface area contributed by atoms with E-state index in [9.17, 15) is 19.2 Å². The van der Waals surface area contributed by atoms with E-state index < -0.39 is 29.7 Å². The first-order chi connectivity index (χ1) is 13.0. The summed E-state index contributed by atoms with van der Waals surface area (Å²) in [5, 5.41) is 8.95. The number of benzene rings is 1. The van der Waals surface area contributed by atoms with Gasteiger partial charge in [0.25, 0.3) is 11.5 Å². The minimum Gasteiger partial charge on any atom is -0.480 e. The summed E-state index contributed by atoms with van der Waals surface area (Å²) in [6, 6.07) is 8.38. The van der Waals surface area contributed by atoms with Gasteiger partial charge in [-0.2, -0.15) is 0 Å². The Hall–Kier alpha value is -3.16. The average molecular weight is 366 g/mol. The second-order valence-corrected chi connectivity index (χ2v) is 5.85. The largest absolute Gasteiger partial charge is 0.480 e. The fraction of sp³-hybridized carbons (Fsp3) is 0.105. The Labute approximate surface area is 155 Å². The summed E-state index contributed by atoms with van der Waals surface area (Å²) in [7, 11) is 0.